The van der Waals surface area contributed by atoms with Gasteiger partial charge in [-0.15, -0.1) is 24.0 Å². The Morgan fingerprint density at radius 3 is 2.35 bits per heavy atom. The maximum absolute atomic E-state index is 5.86. The molecule has 1 aromatic carbocycles. The van der Waals surface area contributed by atoms with Gasteiger partial charge in [-0.25, -0.2) is 4.99 Å². The van der Waals surface area contributed by atoms with Crippen molar-refractivity contribution in [1.82, 2.24) is 0 Å². The van der Waals surface area contributed by atoms with Gasteiger partial charge in [0.2, 0.25) is 0 Å². The fourth-order valence-electron chi connectivity index (χ4n) is 1.98. The Hall–Kier alpha value is -0.860. The largest absolute Gasteiger partial charge is 0.381 e. The van der Waals surface area contributed by atoms with E-state index in [2.05, 4.69) is 17.1 Å². The molecule has 1 saturated heterocycles. The van der Waals surface area contributed by atoms with Gasteiger partial charge in [0.05, 0.1) is 19.3 Å². The SMILES string of the molecule is I.NC(N)=NCc1ccc(COC2CCOCC2)cc1. The molecule has 0 radical (unpaired) electrons. The van der Waals surface area contributed by atoms with E-state index in [0.29, 0.717) is 19.3 Å². The zero-order valence-electron chi connectivity index (χ0n) is 11.5. The van der Waals surface area contributed by atoms with Crippen molar-refractivity contribution in [3.8, 4) is 0 Å². The van der Waals surface area contributed by atoms with Crippen LogP contribution in [0.3, 0.4) is 0 Å². The van der Waals surface area contributed by atoms with Crippen LogP contribution in [0.5, 0.6) is 0 Å². The minimum Gasteiger partial charge on any atom is -0.381 e. The topological polar surface area (TPSA) is 82.9 Å². The minimum absolute atomic E-state index is 0. The highest BCUT2D eigenvalue weighted by molar-refractivity contribution is 14.0. The Morgan fingerprint density at radius 2 is 1.75 bits per heavy atom. The zero-order chi connectivity index (χ0) is 13.5. The summed E-state index contributed by atoms with van der Waals surface area (Å²) in [4.78, 5) is 3.97. The van der Waals surface area contributed by atoms with Gasteiger partial charge in [-0.2, -0.15) is 0 Å². The van der Waals surface area contributed by atoms with E-state index >= 15 is 0 Å². The molecule has 1 aromatic rings. The lowest BCUT2D eigenvalue weighted by molar-refractivity contribution is -0.0390. The Bertz CT molecular complexity index is 413. The molecule has 0 amide bonds. The zero-order valence-corrected chi connectivity index (χ0v) is 13.8. The van der Waals surface area contributed by atoms with Gasteiger partial charge in [0.15, 0.2) is 5.96 Å². The van der Waals surface area contributed by atoms with Crippen LogP contribution < -0.4 is 11.5 Å². The van der Waals surface area contributed by atoms with E-state index in [9.17, 15) is 0 Å². The summed E-state index contributed by atoms with van der Waals surface area (Å²) in [5, 5.41) is 0. The maximum atomic E-state index is 5.86. The number of ether oxygens (including phenoxy) is 2. The first-order valence-electron chi connectivity index (χ1n) is 6.56. The summed E-state index contributed by atoms with van der Waals surface area (Å²) in [6, 6.07) is 8.15. The second-order valence-electron chi connectivity index (χ2n) is 4.68. The van der Waals surface area contributed by atoms with Crippen LogP contribution in [0.4, 0.5) is 0 Å². The number of hydrogen-bond donors (Lipinski definition) is 2. The van der Waals surface area contributed by atoms with Gasteiger partial charge in [0.1, 0.15) is 0 Å². The molecule has 1 aliphatic rings. The van der Waals surface area contributed by atoms with Gasteiger partial charge in [0, 0.05) is 13.2 Å². The molecule has 4 N–H and O–H groups in total. The van der Waals surface area contributed by atoms with E-state index in [1.54, 1.807) is 0 Å². The van der Waals surface area contributed by atoms with Crippen molar-refractivity contribution in [2.75, 3.05) is 13.2 Å². The third-order valence-corrected chi connectivity index (χ3v) is 3.12. The Labute approximate surface area is 136 Å². The summed E-state index contributed by atoms with van der Waals surface area (Å²) < 4.78 is 11.2. The van der Waals surface area contributed by atoms with E-state index in [-0.39, 0.29) is 29.9 Å². The summed E-state index contributed by atoms with van der Waals surface area (Å²) in [6.07, 6.45) is 2.31. The van der Waals surface area contributed by atoms with Gasteiger partial charge in [-0.1, -0.05) is 24.3 Å². The van der Waals surface area contributed by atoms with Crippen molar-refractivity contribution < 1.29 is 9.47 Å². The molecule has 1 fully saturated rings. The number of nitrogens with zero attached hydrogens (tertiary/aromatic N) is 1. The van der Waals surface area contributed by atoms with Crippen LogP contribution in [0.25, 0.3) is 0 Å². The smallest absolute Gasteiger partial charge is 0.186 e. The van der Waals surface area contributed by atoms with E-state index in [1.165, 1.54) is 5.56 Å². The fourth-order valence-corrected chi connectivity index (χ4v) is 1.98. The van der Waals surface area contributed by atoms with Crippen molar-refractivity contribution in [3.05, 3.63) is 35.4 Å². The third kappa shape index (κ3) is 6.06. The molecule has 112 valence electrons. The van der Waals surface area contributed by atoms with E-state index in [1.807, 2.05) is 12.1 Å². The van der Waals surface area contributed by atoms with Crippen molar-refractivity contribution in [2.45, 2.75) is 32.1 Å². The monoisotopic (exact) mass is 391 g/mol. The molecule has 0 atom stereocenters. The maximum Gasteiger partial charge on any atom is 0.186 e. The average molecular weight is 391 g/mol. The van der Waals surface area contributed by atoms with Crippen LogP contribution in [-0.4, -0.2) is 25.3 Å². The lowest BCUT2D eigenvalue weighted by Gasteiger charge is -2.22. The van der Waals surface area contributed by atoms with Gasteiger partial charge in [-0.05, 0) is 24.0 Å². The first-order valence-corrected chi connectivity index (χ1v) is 6.56. The lowest BCUT2D eigenvalue weighted by Crippen LogP contribution is -2.23. The standard InChI is InChI=1S/C14H21N3O2.HI/c15-14(16)17-9-11-1-3-12(4-2-11)10-19-13-5-7-18-8-6-13;/h1-4,13H,5-10H2,(H4,15,16,17);1H. The molecular weight excluding hydrogens is 369 g/mol. The molecule has 6 heteroatoms. The number of benzene rings is 1. The number of nitrogens with two attached hydrogens (primary N) is 2. The number of aliphatic imine (C=N–C) groups is 1. The molecule has 0 unspecified atom stereocenters. The van der Waals surface area contributed by atoms with Crippen molar-refractivity contribution in [2.24, 2.45) is 16.5 Å². The van der Waals surface area contributed by atoms with Crippen LogP contribution in [0.2, 0.25) is 0 Å². The number of guanidine groups is 1. The molecule has 5 nitrogen and oxygen atoms in total. The normalized spacial score (nSPS) is 15.4. The van der Waals surface area contributed by atoms with Crippen molar-refractivity contribution in [3.63, 3.8) is 0 Å². The van der Waals surface area contributed by atoms with Crippen LogP contribution in [-0.2, 0) is 22.6 Å². The van der Waals surface area contributed by atoms with Crippen LogP contribution >= 0.6 is 24.0 Å². The number of hydrogen-bond acceptors (Lipinski definition) is 3. The van der Waals surface area contributed by atoms with Gasteiger partial charge in [-0.3, -0.25) is 0 Å². The van der Waals surface area contributed by atoms with Gasteiger partial charge < -0.3 is 20.9 Å². The molecule has 20 heavy (non-hydrogen) atoms. The highest BCUT2D eigenvalue weighted by atomic mass is 127. The minimum atomic E-state index is 0. The second kappa shape index (κ2) is 9.15. The van der Waals surface area contributed by atoms with E-state index in [0.717, 1.165) is 31.6 Å². The highest BCUT2D eigenvalue weighted by Crippen LogP contribution is 2.14. The molecule has 0 bridgehead atoms. The predicted octanol–water partition coefficient (Wildman–Crippen LogP) is 1.77. The van der Waals surface area contributed by atoms with Crippen LogP contribution in [0.1, 0.15) is 24.0 Å². The third-order valence-electron chi connectivity index (χ3n) is 3.12. The Balaban J connectivity index is 0.00000200. The molecule has 0 aromatic heterocycles. The first-order chi connectivity index (χ1) is 9.24. The van der Waals surface area contributed by atoms with Crippen LogP contribution in [0, 0.1) is 0 Å². The summed E-state index contributed by atoms with van der Waals surface area (Å²) in [7, 11) is 0. The highest BCUT2D eigenvalue weighted by Gasteiger charge is 2.13. The molecule has 1 aliphatic heterocycles. The summed E-state index contributed by atoms with van der Waals surface area (Å²) >= 11 is 0. The van der Waals surface area contributed by atoms with E-state index in [4.69, 9.17) is 20.9 Å². The first kappa shape index (κ1) is 17.2. The fraction of sp³-hybridized carbons (Fsp3) is 0.500. The number of halogens is 1. The van der Waals surface area contributed by atoms with Gasteiger partial charge >= 0.3 is 0 Å². The Morgan fingerprint density at radius 1 is 1.15 bits per heavy atom. The molecule has 0 spiro atoms. The molecule has 0 aliphatic carbocycles. The quantitative estimate of drug-likeness (QED) is 0.455. The summed E-state index contributed by atoms with van der Waals surface area (Å²) in [6.45, 7) is 2.78. The van der Waals surface area contributed by atoms with Crippen LogP contribution in [0.15, 0.2) is 29.3 Å². The Kier molecular flexibility index (Phi) is 7.86. The second-order valence-corrected chi connectivity index (χ2v) is 4.68. The van der Waals surface area contributed by atoms with Crippen molar-refractivity contribution in [1.29, 1.82) is 0 Å². The molecule has 0 saturated carbocycles. The summed E-state index contributed by atoms with van der Waals surface area (Å²) in [5.41, 5.74) is 12.8. The van der Waals surface area contributed by atoms with Gasteiger partial charge in [0.25, 0.3) is 0 Å². The molecule has 2 rings (SSSR count). The molecule has 1 heterocycles. The number of rotatable bonds is 5. The lowest BCUT2D eigenvalue weighted by atomic mass is 10.1. The average Bonchev–Trinajstić information content (AvgIpc) is 2.45. The predicted molar refractivity (Wildman–Crippen MR) is 90.0 cm³/mol. The van der Waals surface area contributed by atoms with E-state index < -0.39 is 0 Å². The van der Waals surface area contributed by atoms with Crippen molar-refractivity contribution >= 4 is 29.9 Å². The molecular formula is C14H22IN3O2. The summed E-state index contributed by atoms with van der Waals surface area (Å²) in [5.74, 6) is 0.118.